The quantitative estimate of drug-likeness (QED) is 0.827. The number of fused-ring (bicyclic) bond motifs is 4. The van der Waals surface area contributed by atoms with Gasteiger partial charge in [0.25, 0.3) is 5.91 Å². The Bertz CT molecular complexity index is 1000. The van der Waals surface area contributed by atoms with Crippen molar-refractivity contribution in [3.63, 3.8) is 0 Å². The summed E-state index contributed by atoms with van der Waals surface area (Å²) in [5.74, 6) is -1.90. The van der Waals surface area contributed by atoms with Crippen LogP contribution in [0, 0.1) is 0 Å². The molecule has 1 saturated heterocycles. The molecule has 2 bridgehead atoms. The minimum atomic E-state index is -1.35. The molecule has 4 rings (SSSR count). The molecule has 8 heteroatoms. The molecular weight excluding hydrogens is 376 g/mol. The predicted molar refractivity (Wildman–Crippen MR) is 103 cm³/mol. The van der Waals surface area contributed by atoms with Gasteiger partial charge in [-0.1, -0.05) is 30.3 Å². The highest BCUT2D eigenvalue weighted by molar-refractivity contribution is 5.97. The Balaban J connectivity index is 1.86. The third-order valence-electron chi connectivity index (χ3n) is 5.55. The van der Waals surface area contributed by atoms with E-state index in [1.54, 1.807) is 16.6 Å². The molecule has 1 amide bonds. The van der Waals surface area contributed by atoms with Crippen molar-refractivity contribution >= 4 is 11.9 Å². The second-order valence-electron chi connectivity index (χ2n) is 7.27. The highest BCUT2D eigenvalue weighted by Crippen LogP contribution is 2.34. The molecule has 1 aromatic carbocycles. The third-order valence-corrected chi connectivity index (χ3v) is 5.55. The minimum Gasteiger partial charge on any atom is -0.483 e. The van der Waals surface area contributed by atoms with Gasteiger partial charge in [0.1, 0.15) is 12.2 Å². The number of carbonyl (C=O) groups excluding carboxylic acids is 1. The summed E-state index contributed by atoms with van der Waals surface area (Å²) in [6, 6.07) is 8.91. The molecule has 152 valence electrons. The van der Waals surface area contributed by atoms with Gasteiger partial charge in [0, 0.05) is 26.4 Å². The Kier molecular flexibility index (Phi) is 5.10. The van der Waals surface area contributed by atoms with Crippen LogP contribution in [0.25, 0.3) is 0 Å². The summed E-state index contributed by atoms with van der Waals surface area (Å²) in [7, 11) is 1.60. The Morgan fingerprint density at radius 3 is 2.69 bits per heavy atom. The number of ether oxygens (including phenoxy) is 2. The van der Waals surface area contributed by atoms with Crippen molar-refractivity contribution in [2.75, 3.05) is 20.2 Å². The summed E-state index contributed by atoms with van der Waals surface area (Å²) >= 11 is 0. The molecular formula is C21H22N2O6. The van der Waals surface area contributed by atoms with Crippen LogP contribution in [0.4, 0.5) is 0 Å². The fourth-order valence-electron chi connectivity index (χ4n) is 4.08. The van der Waals surface area contributed by atoms with Gasteiger partial charge >= 0.3 is 5.97 Å². The van der Waals surface area contributed by atoms with Gasteiger partial charge in [-0.2, -0.15) is 0 Å². The third kappa shape index (κ3) is 3.40. The molecule has 0 saturated carbocycles. The monoisotopic (exact) mass is 398 g/mol. The number of carbonyl (C=O) groups is 2. The first-order valence-electron chi connectivity index (χ1n) is 9.52. The van der Waals surface area contributed by atoms with Crippen LogP contribution < -0.4 is 10.2 Å². The van der Waals surface area contributed by atoms with Gasteiger partial charge in [-0.05, 0) is 18.4 Å². The van der Waals surface area contributed by atoms with Gasteiger partial charge in [0.05, 0.1) is 12.1 Å². The summed E-state index contributed by atoms with van der Waals surface area (Å²) < 4.78 is 13.0. The molecule has 3 heterocycles. The number of carboxylic acids is 1. The number of aromatic nitrogens is 1. The standard InChI is InChI=1S/C21H22N2O6/c1-28-16-8-5-9-22-11-15(16)23-10-14(21(26)27)18(24)19(17(23)20(22)25)29-12-13-6-3-2-4-7-13/h2-4,6-7,10,15-16H,5,8-9,11-12H2,1H3,(H,26,27). The normalized spacial score (nSPS) is 20.7. The van der Waals surface area contributed by atoms with Crippen molar-refractivity contribution in [2.24, 2.45) is 0 Å². The fourth-order valence-corrected chi connectivity index (χ4v) is 4.08. The first-order chi connectivity index (χ1) is 14.0. The Morgan fingerprint density at radius 2 is 2.00 bits per heavy atom. The van der Waals surface area contributed by atoms with E-state index >= 15 is 0 Å². The zero-order chi connectivity index (χ0) is 20.5. The van der Waals surface area contributed by atoms with Gasteiger partial charge in [0.15, 0.2) is 11.4 Å². The average molecular weight is 398 g/mol. The molecule has 0 spiro atoms. The van der Waals surface area contributed by atoms with Crippen LogP contribution in [0.2, 0.25) is 0 Å². The SMILES string of the molecule is COC1CCCN2CC1n1cc(C(=O)O)c(=O)c(OCc3ccccc3)c1C2=O. The summed E-state index contributed by atoms with van der Waals surface area (Å²) in [4.78, 5) is 39.4. The number of benzene rings is 1. The maximum Gasteiger partial charge on any atom is 0.341 e. The Morgan fingerprint density at radius 1 is 1.24 bits per heavy atom. The molecule has 2 atom stereocenters. The smallest absolute Gasteiger partial charge is 0.341 e. The van der Waals surface area contributed by atoms with Crippen molar-refractivity contribution in [1.29, 1.82) is 0 Å². The molecule has 0 aliphatic carbocycles. The first kappa shape index (κ1) is 19.2. The summed E-state index contributed by atoms with van der Waals surface area (Å²) in [5.41, 5.74) is -0.308. The number of nitrogens with zero attached hydrogens (tertiary/aromatic N) is 2. The molecule has 2 aliphatic rings. The first-order valence-corrected chi connectivity index (χ1v) is 9.52. The van der Waals surface area contributed by atoms with E-state index in [1.165, 1.54) is 6.20 Å². The largest absolute Gasteiger partial charge is 0.483 e. The van der Waals surface area contributed by atoms with Gasteiger partial charge in [0.2, 0.25) is 5.43 Å². The van der Waals surface area contributed by atoms with E-state index in [0.717, 1.165) is 18.4 Å². The minimum absolute atomic E-state index is 0.0534. The molecule has 29 heavy (non-hydrogen) atoms. The van der Waals surface area contributed by atoms with E-state index < -0.39 is 17.0 Å². The van der Waals surface area contributed by atoms with Gasteiger partial charge in [-0.25, -0.2) is 4.79 Å². The lowest BCUT2D eigenvalue weighted by Crippen LogP contribution is -2.47. The van der Waals surface area contributed by atoms with E-state index in [2.05, 4.69) is 0 Å². The lowest BCUT2D eigenvalue weighted by Gasteiger charge is -2.37. The second kappa shape index (κ2) is 7.71. The molecule has 0 radical (unpaired) electrons. The zero-order valence-electron chi connectivity index (χ0n) is 16.0. The Labute approximate surface area is 167 Å². The second-order valence-corrected chi connectivity index (χ2v) is 7.27. The molecule has 1 N–H and O–H groups in total. The van der Waals surface area contributed by atoms with Crippen molar-refractivity contribution in [2.45, 2.75) is 31.6 Å². The Hall–Kier alpha value is -3.13. The summed E-state index contributed by atoms with van der Waals surface area (Å²) in [6.45, 7) is 1.02. The van der Waals surface area contributed by atoms with E-state index in [9.17, 15) is 19.5 Å². The number of aromatic carboxylic acids is 1. The van der Waals surface area contributed by atoms with E-state index in [4.69, 9.17) is 9.47 Å². The number of hydrogen-bond acceptors (Lipinski definition) is 5. The van der Waals surface area contributed by atoms with Crippen LogP contribution in [0.15, 0.2) is 41.3 Å². The number of carboxylic acid groups (broad SMARTS) is 1. The van der Waals surface area contributed by atoms with E-state index in [-0.39, 0.29) is 36.1 Å². The lowest BCUT2D eigenvalue weighted by atomic mass is 10.0. The summed E-state index contributed by atoms with van der Waals surface area (Å²) in [5, 5.41) is 9.55. The maximum absolute atomic E-state index is 13.1. The van der Waals surface area contributed by atoms with Crippen LogP contribution in [0.3, 0.4) is 0 Å². The van der Waals surface area contributed by atoms with Crippen LogP contribution in [0.1, 0.15) is 45.3 Å². The molecule has 1 fully saturated rings. The molecule has 2 unspecified atom stereocenters. The van der Waals surface area contributed by atoms with E-state index in [0.29, 0.717) is 13.1 Å². The molecule has 8 nitrogen and oxygen atoms in total. The van der Waals surface area contributed by atoms with Crippen LogP contribution in [-0.4, -0.2) is 52.8 Å². The van der Waals surface area contributed by atoms with Crippen molar-refractivity contribution < 1.29 is 24.2 Å². The predicted octanol–water partition coefficient (Wildman–Crippen LogP) is 1.93. The number of amides is 1. The highest BCUT2D eigenvalue weighted by atomic mass is 16.5. The van der Waals surface area contributed by atoms with Crippen molar-refractivity contribution in [3.8, 4) is 5.75 Å². The number of rotatable bonds is 5. The van der Waals surface area contributed by atoms with Crippen LogP contribution >= 0.6 is 0 Å². The fraction of sp³-hybridized carbons (Fsp3) is 0.381. The average Bonchev–Trinajstić information content (AvgIpc) is 2.92. The van der Waals surface area contributed by atoms with Crippen molar-refractivity contribution in [1.82, 2.24) is 9.47 Å². The van der Waals surface area contributed by atoms with Gasteiger partial charge in [-0.3, -0.25) is 9.59 Å². The maximum atomic E-state index is 13.1. The van der Waals surface area contributed by atoms with Gasteiger partial charge in [-0.15, -0.1) is 0 Å². The van der Waals surface area contributed by atoms with Gasteiger partial charge < -0.3 is 24.0 Å². The number of methoxy groups -OCH3 is 1. The molecule has 2 aromatic rings. The molecule has 1 aromatic heterocycles. The zero-order valence-corrected chi connectivity index (χ0v) is 16.0. The lowest BCUT2D eigenvalue weighted by molar-refractivity contribution is 0.0347. The van der Waals surface area contributed by atoms with Crippen molar-refractivity contribution in [3.05, 3.63) is 63.6 Å². The topological polar surface area (TPSA) is 98.1 Å². The number of pyridine rings is 1. The molecule has 2 aliphatic heterocycles. The van der Waals surface area contributed by atoms with E-state index in [1.807, 2.05) is 30.3 Å². The summed E-state index contributed by atoms with van der Waals surface area (Å²) in [6.07, 6.45) is 2.56. The van der Waals surface area contributed by atoms with Crippen LogP contribution in [0.5, 0.6) is 5.75 Å². The number of hydrogen-bond donors (Lipinski definition) is 1. The van der Waals surface area contributed by atoms with Crippen LogP contribution in [-0.2, 0) is 11.3 Å². The highest BCUT2D eigenvalue weighted by Gasteiger charge is 2.40.